The molecule has 31 heavy (non-hydrogen) atoms. The van der Waals surface area contributed by atoms with Gasteiger partial charge in [0.05, 0.1) is 29.7 Å². The summed E-state index contributed by atoms with van der Waals surface area (Å²) >= 11 is 6.49. The normalized spacial score (nSPS) is 13.8. The highest BCUT2D eigenvalue weighted by Crippen LogP contribution is 2.35. The molecule has 4 aromatic rings. The van der Waals surface area contributed by atoms with E-state index in [1.807, 2.05) is 30.5 Å². The van der Waals surface area contributed by atoms with Crippen LogP contribution in [0.2, 0.25) is 5.02 Å². The van der Waals surface area contributed by atoms with Gasteiger partial charge in [-0.25, -0.2) is 9.97 Å². The van der Waals surface area contributed by atoms with E-state index in [0.29, 0.717) is 16.7 Å². The molecule has 0 bridgehead atoms. The van der Waals surface area contributed by atoms with Crippen molar-refractivity contribution in [2.45, 2.75) is 13.0 Å². The van der Waals surface area contributed by atoms with Gasteiger partial charge in [0, 0.05) is 36.4 Å². The van der Waals surface area contributed by atoms with E-state index in [2.05, 4.69) is 39.4 Å². The summed E-state index contributed by atoms with van der Waals surface area (Å²) in [5, 5.41) is 5.88. The first kappa shape index (κ1) is 19.7. The average Bonchev–Trinajstić information content (AvgIpc) is 2.79. The van der Waals surface area contributed by atoms with Crippen molar-refractivity contribution < 1.29 is 4.74 Å². The molecule has 3 heterocycles. The van der Waals surface area contributed by atoms with Crippen LogP contribution in [0.4, 0.5) is 11.6 Å². The van der Waals surface area contributed by atoms with Crippen LogP contribution in [0.3, 0.4) is 0 Å². The fraction of sp³-hybridized carbons (Fsp3) is 0.208. The van der Waals surface area contributed by atoms with E-state index in [9.17, 15) is 0 Å². The molecule has 0 amide bonds. The summed E-state index contributed by atoms with van der Waals surface area (Å²) in [6, 6.07) is 12.3. The quantitative estimate of drug-likeness (QED) is 0.486. The molecule has 1 aliphatic rings. The molecule has 6 nitrogen and oxygen atoms in total. The van der Waals surface area contributed by atoms with Crippen molar-refractivity contribution in [1.82, 2.24) is 19.9 Å². The van der Waals surface area contributed by atoms with Crippen LogP contribution in [-0.2, 0) is 13.0 Å². The summed E-state index contributed by atoms with van der Waals surface area (Å²) in [5.74, 6) is 1.23. The van der Waals surface area contributed by atoms with Gasteiger partial charge in [0.2, 0.25) is 5.95 Å². The molecule has 5 rings (SSSR count). The Balaban J connectivity index is 1.55. The maximum absolute atomic E-state index is 6.49. The standard InChI is InChI=1S/C24H22ClN5O/c1-30-8-7-15-10-22(31-2)21(9-17(15)14-30)28-24-27-13-20(25)23(29-24)19-12-26-11-16-5-3-4-6-18(16)19/h3-6,9-13H,7-8,14H2,1-2H3,(H,27,28,29). The van der Waals surface area contributed by atoms with Crippen molar-refractivity contribution in [2.24, 2.45) is 0 Å². The monoisotopic (exact) mass is 431 g/mol. The van der Waals surface area contributed by atoms with Crippen LogP contribution in [0.25, 0.3) is 22.0 Å². The van der Waals surface area contributed by atoms with Crippen LogP contribution < -0.4 is 10.1 Å². The lowest BCUT2D eigenvalue weighted by Crippen LogP contribution is -2.26. The number of nitrogens with one attached hydrogen (secondary N) is 1. The lowest BCUT2D eigenvalue weighted by Gasteiger charge is -2.26. The van der Waals surface area contributed by atoms with Gasteiger partial charge < -0.3 is 15.0 Å². The SMILES string of the molecule is COc1cc2c(cc1Nc1ncc(Cl)c(-c3cncc4ccccc34)n1)CN(C)CC2. The van der Waals surface area contributed by atoms with E-state index in [4.69, 9.17) is 21.3 Å². The molecule has 1 aliphatic heterocycles. The Labute approximate surface area is 185 Å². The molecule has 0 atom stereocenters. The number of anilines is 2. The number of benzene rings is 2. The largest absolute Gasteiger partial charge is 0.495 e. The molecule has 2 aromatic carbocycles. The predicted octanol–water partition coefficient (Wildman–Crippen LogP) is 5.09. The van der Waals surface area contributed by atoms with Gasteiger partial charge in [0.15, 0.2) is 0 Å². The lowest BCUT2D eigenvalue weighted by atomic mass is 9.99. The molecule has 7 heteroatoms. The highest BCUT2D eigenvalue weighted by atomic mass is 35.5. The van der Waals surface area contributed by atoms with Crippen molar-refractivity contribution in [1.29, 1.82) is 0 Å². The van der Waals surface area contributed by atoms with Gasteiger partial charge in [0.25, 0.3) is 0 Å². The molecular formula is C24H22ClN5O. The van der Waals surface area contributed by atoms with Crippen molar-refractivity contribution in [3.05, 3.63) is 71.1 Å². The summed E-state index contributed by atoms with van der Waals surface area (Å²) in [4.78, 5) is 15.8. The second kappa shape index (κ2) is 8.13. The number of likely N-dealkylation sites (N-methyl/N-ethyl adjacent to an activating group) is 1. The molecule has 0 spiro atoms. The molecule has 1 N–H and O–H groups in total. The van der Waals surface area contributed by atoms with Gasteiger partial charge >= 0.3 is 0 Å². The van der Waals surface area contributed by atoms with Gasteiger partial charge in [-0.2, -0.15) is 0 Å². The first-order valence-electron chi connectivity index (χ1n) is 10.1. The highest BCUT2D eigenvalue weighted by molar-refractivity contribution is 6.33. The van der Waals surface area contributed by atoms with Crippen LogP contribution in [0.1, 0.15) is 11.1 Å². The molecule has 0 saturated carbocycles. The van der Waals surface area contributed by atoms with Crippen molar-refractivity contribution in [3.8, 4) is 17.0 Å². The van der Waals surface area contributed by atoms with Crippen molar-refractivity contribution in [3.63, 3.8) is 0 Å². The van der Waals surface area contributed by atoms with Crippen molar-refractivity contribution >= 4 is 34.0 Å². The minimum Gasteiger partial charge on any atom is -0.495 e. The summed E-state index contributed by atoms with van der Waals surface area (Å²) < 4.78 is 5.64. The third-order valence-corrected chi connectivity index (χ3v) is 5.92. The number of aromatic nitrogens is 3. The Morgan fingerprint density at radius 1 is 1.10 bits per heavy atom. The van der Waals surface area contributed by atoms with E-state index in [0.717, 1.165) is 47.3 Å². The number of pyridine rings is 1. The van der Waals surface area contributed by atoms with Gasteiger partial charge in [-0.15, -0.1) is 0 Å². The summed E-state index contributed by atoms with van der Waals surface area (Å²) in [7, 11) is 3.81. The Kier molecular flexibility index (Phi) is 5.18. The molecule has 0 radical (unpaired) electrons. The minimum atomic E-state index is 0.453. The van der Waals surface area contributed by atoms with Crippen LogP contribution >= 0.6 is 11.6 Å². The predicted molar refractivity (Wildman–Crippen MR) is 124 cm³/mol. The molecule has 0 fully saturated rings. The third-order valence-electron chi connectivity index (χ3n) is 5.64. The Hall–Kier alpha value is -3.22. The number of halogens is 1. The zero-order chi connectivity index (χ0) is 21.4. The molecule has 0 unspecified atom stereocenters. The second-order valence-corrected chi connectivity index (χ2v) is 8.14. The Morgan fingerprint density at radius 2 is 1.97 bits per heavy atom. The first-order valence-corrected chi connectivity index (χ1v) is 10.5. The van der Waals surface area contributed by atoms with E-state index in [1.165, 1.54) is 11.1 Å². The molecule has 0 saturated heterocycles. The fourth-order valence-electron chi connectivity index (χ4n) is 4.04. The number of rotatable bonds is 4. The number of ether oxygens (including phenoxy) is 1. The highest BCUT2D eigenvalue weighted by Gasteiger charge is 2.18. The summed E-state index contributed by atoms with van der Waals surface area (Å²) in [6.07, 6.45) is 6.25. The van der Waals surface area contributed by atoms with Crippen LogP contribution in [0, 0.1) is 0 Å². The van der Waals surface area contributed by atoms with Crippen LogP contribution in [-0.4, -0.2) is 40.6 Å². The number of fused-ring (bicyclic) bond motifs is 2. The minimum absolute atomic E-state index is 0.453. The van der Waals surface area contributed by atoms with E-state index < -0.39 is 0 Å². The van der Waals surface area contributed by atoms with E-state index >= 15 is 0 Å². The van der Waals surface area contributed by atoms with Crippen molar-refractivity contribution in [2.75, 3.05) is 26.0 Å². The fourth-order valence-corrected chi connectivity index (χ4v) is 4.23. The Bertz CT molecular complexity index is 1270. The number of hydrogen-bond donors (Lipinski definition) is 1. The van der Waals surface area contributed by atoms with Gasteiger partial charge in [0.1, 0.15) is 5.75 Å². The number of nitrogens with zero attached hydrogens (tertiary/aromatic N) is 4. The number of hydrogen-bond acceptors (Lipinski definition) is 6. The number of methoxy groups -OCH3 is 1. The Morgan fingerprint density at radius 3 is 2.84 bits per heavy atom. The zero-order valence-corrected chi connectivity index (χ0v) is 18.1. The van der Waals surface area contributed by atoms with Gasteiger partial charge in [-0.1, -0.05) is 35.9 Å². The van der Waals surface area contributed by atoms with E-state index in [1.54, 1.807) is 19.5 Å². The lowest BCUT2D eigenvalue weighted by molar-refractivity contribution is 0.312. The second-order valence-electron chi connectivity index (χ2n) is 7.73. The summed E-state index contributed by atoms with van der Waals surface area (Å²) in [5.41, 5.74) is 4.94. The smallest absolute Gasteiger partial charge is 0.227 e. The van der Waals surface area contributed by atoms with Crippen LogP contribution in [0.5, 0.6) is 5.75 Å². The molecule has 156 valence electrons. The maximum atomic E-state index is 6.49. The molecule has 0 aliphatic carbocycles. The first-order chi connectivity index (χ1) is 15.1. The third kappa shape index (κ3) is 3.80. The maximum Gasteiger partial charge on any atom is 0.227 e. The van der Waals surface area contributed by atoms with Gasteiger partial charge in [-0.05, 0) is 42.1 Å². The topological polar surface area (TPSA) is 63.2 Å². The molecular weight excluding hydrogens is 410 g/mol. The van der Waals surface area contributed by atoms with Gasteiger partial charge in [-0.3, -0.25) is 4.98 Å². The van der Waals surface area contributed by atoms with E-state index in [-0.39, 0.29) is 0 Å². The van der Waals surface area contributed by atoms with Crippen LogP contribution in [0.15, 0.2) is 55.0 Å². The summed E-state index contributed by atoms with van der Waals surface area (Å²) in [6.45, 7) is 1.95. The zero-order valence-electron chi connectivity index (χ0n) is 17.4. The molecule has 2 aromatic heterocycles. The average molecular weight is 432 g/mol.